The average Bonchev–Trinajstić information content (AvgIpc) is 2.83. The molecule has 0 aliphatic rings. The quantitative estimate of drug-likeness (QED) is 0.443. The van der Waals surface area contributed by atoms with Gasteiger partial charge in [-0.2, -0.15) is 0 Å². The summed E-state index contributed by atoms with van der Waals surface area (Å²) in [5.41, 5.74) is 9.62. The Morgan fingerprint density at radius 2 is 2.00 bits per heavy atom. The van der Waals surface area contributed by atoms with Gasteiger partial charge in [0.05, 0.1) is 25.7 Å². The molecule has 0 radical (unpaired) electrons. The summed E-state index contributed by atoms with van der Waals surface area (Å²) in [4.78, 5) is 7.75. The summed E-state index contributed by atoms with van der Waals surface area (Å²) in [6.07, 6.45) is 0. The van der Waals surface area contributed by atoms with Crippen LogP contribution < -0.4 is 15.0 Å². The van der Waals surface area contributed by atoms with Gasteiger partial charge >= 0.3 is 0 Å². The van der Waals surface area contributed by atoms with Gasteiger partial charge in [-0.15, -0.1) is 0 Å². The fraction of sp³-hybridized carbons (Fsp3) is 0.176. The topological polar surface area (TPSA) is 67.3 Å². The molecule has 0 saturated heterocycles. The Morgan fingerprint density at radius 1 is 1.23 bits per heavy atom. The maximum atomic E-state index is 5.66. The number of para-hydroxylation sites is 1. The minimum absolute atomic E-state index is 0.544. The van der Waals surface area contributed by atoms with Crippen LogP contribution in [-0.2, 0) is 7.05 Å². The van der Waals surface area contributed by atoms with Gasteiger partial charge in [0.2, 0.25) is 0 Å². The molecule has 0 spiro atoms. The van der Waals surface area contributed by atoms with Crippen molar-refractivity contribution in [1.82, 2.24) is 4.98 Å². The summed E-state index contributed by atoms with van der Waals surface area (Å²) in [6, 6.07) is 13.9. The molecule has 0 fully saturated rings. The maximum absolute atomic E-state index is 5.66. The lowest BCUT2D eigenvalue weighted by Crippen LogP contribution is -2.29. The molecule has 3 N–H and O–H groups in total. The van der Waals surface area contributed by atoms with Crippen molar-refractivity contribution in [1.29, 1.82) is 0 Å². The first-order chi connectivity index (χ1) is 10.6. The summed E-state index contributed by atoms with van der Waals surface area (Å²) in [7, 11) is 3.70. The van der Waals surface area contributed by atoms with Gasteiger partial charge in [-0.3, -0.25) is 0 Å². The highest BCUT2D eigenvalue weighted by Gasteiger charge is 2.20. The Labute approximate surface area is 129 Å². The number of benzene rings is 2. The number of aliphatic imine (C=N–C) groups is 1. The first-order valence-electron chi connectivity index (χ1n) is 7.06. The van der Waals surface area contributed by atoms with E-state index in [-0.39, 0.29) is 0 Å². The molecule has 5 nitrogen and oxygen atoms in total. The van der Waals surface area contributed by atoms with Gasteiger partial charge in [0.15, 0.2) is 11.0 Å². The largest absolute Gasteiger partial charge is 0.496 e. The number of H-pyrrole nitrogens is 1. The number of aromatic nitrogens is 2. The second kappa shape index (κ2) is 5.52. The molecule has 0 saturated carbocycles. The second-order valence-electron chi connectivity index (χ2n) is 5.19. The van der Waals surface area contributed by atoms with E-state index in [1.165, 1.54) is 0 Å². The van der Waals surface area contributed by atoms with Gasteiger partial charge in [-0.25, -0.2) is 14.5 Å². The first-order valence-corrected chi connectivity index (χ1v) is 7.06. The summed E-state index contributed by atoms with van der Waals surface area (Å²) in [5, 5.41) is 0. The van der Waals surface area contributed by atoms with Crippen LogP contribution >= 0.6 is 0 Å². The summed E-state index contributed by atoms with van der Waals surface area (Å²) >= 11 is 0. The zero-order valence-electron chi connectivity index (χ0n) is 12.9. The van der Waals surface area contributed by atoms with Gasteiger partial charge in [0.1, 0.15) is 11.3 Å². The lowest BCUT2D eigenvalue weighted by molar-refractivity contribution is -0.633. The fourth-order valence-corrected chi connectivity index (χ4v) is 2.60. The summed E-state index contributed by atoms with van der Waals surface area (Å²) in [6.45, 7) is 1.78. The van der Waals surface area contributed by atoms with E-state index in [0.717, 1.165) is 33.9 Å². The number of hydrogen-bond acceptors (Lipinski definition) is 2. The van der Waals surface area contributed by atoms with Gasteiger partial charge in [0.25, 0.3) is 5.82 Å². The highest BCUT2D eigenvalue weighted by Crippen LogP contribution is 2.28. The molecule has 22 heavy (non-hydrogen) atoms. The number of nitrogens with zero attached hydrogens (tertiary/aromatic N) is 2. The second-order valence-corrected chi connectivity index (χ2v) is 5.19. The fourth-order valence-electron chi connectivity index (χ4n) is 2.60. The number of nitrogens with one attached hydrogen (secondary N) is 1. The Bertz CT molecular complexity index is 860. The number of aryl methyl sites for hydroxylation is 1. The van der Waals surface area contributed by atoms with Crippen LogP contribution in [0.4, 0.5) is 5.69 Å². The molecule has 0 bridgehead atoms. The Kier molecular flexibility index (Phi) is 3.55. The monoisotopic (exact) mass is 295 g/mol. The molecule has 2 aromatic carbocycles. The maximum Gasteiger partial charge on any atom is 0.291 e. The van der Waals surface area contributed by atoms with Crippen molar-refractivity contribution < 1.29 is 9.30 Å². The molecule has 0 aliphatic heterocycles. The van der Waals surface area contributed by atoms with Crippen LogP contribution in [0.2, 0.25) is 0 Å². The molecule has 1 aromatic heterocycles. The van der Waals surface area contributed by atoms with Crippen LogP contribution in [0.25, 0.3) is 22.4 Å². The molecule has 0 atom stereocenters. The standard InChI is InChI=1S/C17H18N4O/c1-11(18)19-12-8-9-14-15(10-12)21(2)17(20-14)13-6-4-5-7-16(13)22-3/h4-10H,1-3H3,(H2,18,19)/p+1. The third-order valence-electron chi connectivity index (χ3n) is 3.60. The van der Waals surface area contributed by atoms with Crippen molar-refractivity contribution in [3.63, 3.8) is 0 Å². The number of ether oxygens (including phenoxy) is 1. The van der Waals surface area contributed by atoms with Gasteiger partial charge in [-0.1, -0.05) is 12.1 Å². The number of rotatable bonds is 3. The molecule has 0 unspecified atom stereocenters. The van der Waals surface area contributed by atoms with Crippen LogP contribution in [-0.4, -0.2) is 17.9 Å². The van der Waals surface area contributed by atoms with E-state index in [4.69, 9.17) is 10.5 Å². The van der Waals surface area contributed by atoms with E-state index in [1.54, 1.807) is 14.0 Å². The van der Waals surface area contributed by atoms with E-state index in [0.29, 0.717) is 5.84 Å². The van der Waals surface area contributed by atoms with Gasteiger partial charge < -0.3 is 10.5 Å². The van der Waals surface area contributed by atoms with Crippen molar-refractivity contribution in [3.8, 4) is 17.1 Å². The predicted molar refractivity (Wildman–Crippen MR) is 88.4 cm³/mol. The molecule has 0 amide bonds. The van der Waals surface area contributed by atoms with Crippen LogP contribution in [0.1, 0.15) is 6.92 Å². The minimum Gasteiger partial charge on any atom is -0.496 e. The molecule has 3 rings (SSSR count). The zero-order valence-corrected chi connectivity index (χ0v) is 12.9. The molecule has 5 heteroatoms. The highest BCUT2D eigenvalue weighted by atomic mass is 16.5. The van der Waals surface area contributed by atoms with E-state index in [2.05, 4.69) is 14.5 Å². The third-order valence-corrected chi connectivity index (χ3v) is 3.60. The Balaban J connectivity index is 2.20. The molecular weight excluding hydrogens is 276 g/mol. The number of fused-ring (bicyclic) bond motifs is 1. The number of amidine groups is 1. The average molecular weight is 295 g/mol. The Morgan fingerprint density at radius 3 is 2.73 bits per heavy atom. The first kappa shape index (κ1) is 14.1. The van der Waals surface area contributed by atoms with E-state index in [9.17, 15) is 0 Å². The molecular formula is C17H19N4O+. The van der Waals surface area contributed by atoms with Crippen LogP contribution in [0, 0.1) is 0 Å². The lowest BCUT2D eigenvalue weighted by Gasteiger charge is -2.03. The number of methoxy groups -OCH3 is 1. The lowest BCUT2D eigenvalue weighted by atomic mass is 10.2. The smallest absolute Gasteiger partial charge is 0.291 e. The predicted octanol–water partition coefficient (Wildman–Crippen LogP) is 2.68. The minimum atomic E-state index is 0.544. The molecule has 0 aliphatic carbocycles. The molecule has 1 heterocycles. The normalized spacial score (nSPS) is 11.9. The van der Waals surface area contributed by atoms with Gasteiger partial charge in [-0.05, 0) is 31.2 Å². The van der Waals surface area contributed by atoms with Crippen molar-refractivity contribution in [2.75, 3.05) is 7.11 Å². The van der Waals surface area contributed by atoms with E-state index < -0.39 is 0 Å². The molecule has 3 aromatic rings. The molecule has 112 valence electrons. The number of aromatic amines is 1. The van der Waals surface area contributed by atoms with Crippen molar-refractivity contribution in [3.05, 3.63) is 42.5 Å². The van der Waals surface area contributed by atoms with Crippen molar-refractivity contribution in [2.24, 2.45) is 17.8 Å². The SMILES string of the molecule is COc1ccccc1-c1[nH]c2ccc(N=C(C)N)cc2[n+]1C. The van der Waals surface area contributed by atoms with Crippen LogP contribution in [0.15, 0.2) is 47.5 Å². The zero-order chi connectivity index (χ0) is 15.7. The van der Waals surface area contributed by atoms with E-state index >= 15 is 0 Å². The summed E-state index contributed by atoms with van der Waals surface area (Å²) in [5.74, 6) is 2.36. The van der Waals surface area contributed by atoms with Crippen LogP contribution in [0.5, 0.6) is 5.75 Å². The third kappa shape index (κ3) is 2.41. The highest BCUT2D eigenvalue weighted by molar-refractivity contribution is 5.84. The van der Waals surface area contributed by atoms with Crippen molar-refractivity contribution >= 4 is 22.6 Å². The summed E-state index contributed by atoms with van der Waals surface area (Å²) < 4.78 is 7.55. The number of imidazole rings is 1. The van der Waals surface area contributed by atoms with Crippen molar-refractivity contribution in [2.45, 2.75) is 6.92 Å². The van der Waals surface area contributed by atoms with E-state index in [1.807, 2.05) is 49.5 Å². The van der Waals surface area contributed by atoms with Crippen LogP contribution in [0.3, 0.4) is 0 Å². The number of hydrogen-bond donors (Lipinski definition) is 2. The number of nitrogens with two attached hydrogens (primary N) is 1. The van der Waals surface area contributed by atoms with Gasteiger partial charge in [0, 0.05) is 6.07 Å². The Hall–Kier alpha value is -2.82.